The van der Waals surface area contributed by atoms with Gasteiger partial charge in [0.05, 0.1) is 11.4 Å². The van der Waals surface area contributed by atoms with Crippen LogP contribution in [-0.2, 0) is 16.6 Å². The standard InChI is InChI=1S/C18H29N5O2S/c1-14(2)13-26(24,25)22-17-7-5-15(6-8-17)18-16(11-20-21-18)12-23(4)10-9-19-3/h5-8,11,14,19,22H,9-10,12-13H2,1-4H3,(H,20,21). The van der Waals surface area contributed by atoms with Gasteiger partial charge in [0.2, 0.25) is 10.0 Å². The summed E-state index contributed by atoms with van der Waals surface area (Å²) in [5, 5.41) is 10.4. The van der Waals surface area contributed by atoms with Gasteiger partial charge in [-0.05, 0) is 32.1 Å². The molecular weight excluding hydrogens is 350 g/mol. The molecule has 0 saturated carbocycles. The first-order valence-corrected chi connectivity index (χ1v) is 10.4. The van der Waals surface area contributed by atoms with Crippen molar-refractivity contribution in [3.05, 3.63) is 36.0 Å². The quantitative estimate of drug-likeness (QED) is 0.588. The number of sulfonamides is 1. The molecule has 26 heavy (non-hydrogen) atoms. The van der Waals surface area contributed by atoms with Gasteiger partial charge in [-0.25, -0.2) is 8.42 Å². The normalized spacial score (nSPS) is 12.1. The molecule has 0 spiro atoms. The van der Waals surface area contributed by atoms with Crippen LogP contribution in [-0.4, -0.2) is 56.5 Å². The van der Waals surface area contributed by atoms with E-state index in [0.717, 1.165) is 36.5 Å². The molecular formula is C18H29N5O2S. The van der Waals surface area contributed by atoms with E-state index in [1.165, 1.54) is 0 Å². The van der Waals surface area contributed by atoms with E-state index in [4.69, 9.17) is 0 Å². The molecule has 144 valence electrons. The highest BCUT2D eigenvalue weighted by Crippen LogP contribution is 2.24. The van der Waals surface area contributed by atoms with Gasteiger partial charge < -0.3 is 10.2 Å². The number of nitrogens with one attached hydrogen (secondary N) is 3. The van der Waals surface area contributed by atoms with Crippen molar-refractivity contribution >= 4 is 15.7 Å². The number of anilines is 1. The number of hydrogen-bond donors (Lipinski definition) is 3. The van der Waals surface area contributed by atoms with Gasteiger partial charge in [-0.2, -0.15) is 5.10 Å². The van der Waals surface area contributed by atoms with Crippen LogP contribution >= 0.6 is 0 Å². The number of aromatic nitrogens is 2. The molecule has 0 radical (unpaired) electrons. The summed E-state index contributed by atoms with van der Waals surface area (Å²) in [5.74, 6) is 0.190. The smallest absolute Gasteiger partial charge is 0.232 e. The molecule has 7 nitrogen and oxygen atoms in total. The number of rotatable bonds is 10. The number of benzene rings is 1. The Morgan fingerprint density at radius 1 is 1.23 bits per heavy atom. The third-order valence-corrected chi connectivity index (χ3v) is 5.54. The number of aromatic amines is 1. The monoisotopic (exact) mass is 379 g/mol. The lowest BCUT2D eigenvalue weighted by Crippen LogP contribution is -2.26. The molecule has 0 aliphatic carbocycles. The molecule has 0 amide bonds. The van der Waals surface area contributed by atoms with Gasteiger partial charge in [0.1, 0.15) is 0 Å². The second kappa shape index (κ2) is 9.16. The van der Waals surface area contributed by atoms with Crippen molar-refractivity contribution in [2.45, 2.75) is 20.4 Å². The maximum atomic E-state index is 12.0. The topological polar surface area (TPSA) is 90.1 Å². The van der Waals surface area contributed by atoms with Gasteiger partial charge in [0, 0.05) is 42.6 Å². The lowest BCUT2D eigenvalue weighted by molar-refractivity contribution is 0.328. The number of H-pyrrole nitrogens is 1. The van der Waals surface area contributed by atoms with Gasteiger partial charge >= 0.3 is 0 Å². The van der Waals surface area contributed by atoms with Crippen LogP contribution in [0.1, 0.15) is 19.4 Å². The Bertz CT molecular complexity index is 784. The first-order chi connectivity index (χ1) is 12.3. The highest BCUT2D eigenvalue weighted by molar-refractivity contribution is 7.92. The fourth-order valence-corrected chi connectivity index (χ4v) is 4.17. The third-order valence-electron chi connectivity index (χ3n) is 3.89. The summed E-state index contributed by atoms with van der Waals surface area (Å²) in [6.45, 7) is 6.42. The van der Waals surface area contributed by atoms with Crippen molar-refractivity contribution in [1.82, 2.24) is 20.4 Å². The largest absolute Gasteiger partial charge is 0.318 e. The van der Waals surface area contributed by atoms with Gasteiger partial charge in [-0.3, -0.25) is 9.82 Å². The van der Waals surface area contributed by atoms with E-state index in [9.17, 15) is 8.42 Å². The Balaban J connectivity index is 2.08. The summed E-state index contributed by atoms with van der Waals surface area (Å²) >= 11 is 0. The molecule has 1 heterocycles. The highest BCUT2D eigenvalue weighted by atomic mass is 32.2. The molecule has 0 bridgehead atoms. The predicted molar refractivity (Wildman–Crippen MR) is 107 cm³/mol. The molecule has 1 aromatic carbocycles. The number of hydrogen-bond acceptors (Lipinski definition) is 5. The van der Waals surface area contributed by atoms with Crippen LogP contribution in [0.2, 0.25) is 0 Å². The molecule has 2 rings (SSSR count). The van der Waals surface area contributed by atoms with E-state index in [2.05, 4.69) is 32.2 Å². The number of likely N-dealkylation sites (N-methyl/N-ethyl adjacent to an activating group) is 2. The zero-order valence-corrected chi connectivity index (χ0v) is 16.7. The van der Waals surface area contributed by atoms with Crippen LogP contribution in [0.4, 0.5) is 5.69 Å². The lowest BCUT2D eigenvalue weighted by atomic mass is 10.1. The second-order valence-electron chi connectivity index (χ2n) is 6.96. The zero-order chi connectivity index (χ0) is 19.2. The Morgan fingerprint density at radius 2 is 1.92 bits per heavy atom. The van der Waals surface area contributed by atoms with Gasteiger partial charge in [0.25, 0.3) is 0 Å². The lowest BCUT2D eigenvalue weighted by Gasteiger charge is -2.16. The second-order valence-corrected chi connectivity index (χ2v) is 8.72. The average Bonchev–Trinajstić information content (AvgIpc) is 3.00. The van der Waals surface area contributed by atoms with Crippen LogP contribution in [0.15, 0.2) is 30.5 Å². The summed E-state index contributed by atoms with van der Waals surface area (Å²) in [4.78, 5) is 2.22. The van der Waals surface area contributed by atoms with Crippen molar-refractivity contribution in [1.29, 1.82) is 0 Å². The van der Waals surface area contributed by atoms with Crippen molar-refractivity contribution in [3.8, 4) is 11.3 Å². The average molecular weight is 380 g/mol. The predicted octanol–water partition coefficient (Wildman–Crippen LogP) is 2.13. The summed E-state index contributed by atoms with van der Waals surface area (Å²) in [5.41, 5.74) is 3.52. The molecule has 0 atom stereocenters. The molecule has 1 aromatic heterocycles. The first kappa shape index (κ1) is 20.4. The summed E-state index contributed by atoms with van der Waals surface area (Å²) in [7, 11) is 0.691. The first-order valence-electron chi connectivity index (χ1n) is 8.77. The molecule has 0 saturated heterocycles. The van der Waals surface area contributed by atoms with Gasteiger partial charge in [-0.15, -0.1) is 0 Å². The van der Waals surface area contributed by atoms with Gasteiger partial charge in [0.15, 0.2) is 0 Å². The van der Waals surface area contributed by atoms with E-state index in [-0.39, 0.29) is 11.7 Å². The van der Waals surface area contributed by atoms with Crippen molar-refractivity contribution in [2.75, 3.05) is 37.7 Å². The molecule has 0 aliphatic rings. The molecule has 0 aliphatic heterocycles. The summed E-state index contributed by atoms with van der Waals surface area (Å²) < 4.78 is 26.7. The van der Waals surface area contributed by atoms with Crippen LogP contribution < -0.4 is 10.0 Å². The van der Waals surface area contributed by atoms with Crippen molar-refractivity contribution in [2.24, 2.45) is 5.92 Å². The Kier molecular flexibility index (Phi) is 7.19. The fraction of sp³-hybridized carbons (Fsp3) is 0.500. The summed E-state index contributed by atoms with van der Waals surface area (Å²) in [6.07, 6.45) is 1.91. The van der Waals surface area contributed by atoms with E-state index in [0.29, 0.717) is 5.69 Å². The zero-order valence-electron chi connectivity index (χ0n) is 15.9. The van der Waals surface area contributed by atoms with Gasteiger partial charge in [-0.1, -0.05) is 26.0 Å². The van der Waals surface area contributed by atoms with E-state index >= 15 is 0 Å². The maximum absolute atomic E-state index is 12.0. The Hall–Kier alpha value is -1.90. The van der Waals surface area contributed by atoms with E-state index in [1.807, 2.05) is 39.2 Å². The minimum absolute atomic E-state index is 0.0817. The molecule has 8 heteroatoms. The van der Waals surface area contributed by atoms with Crippen LogP contribution in [0.3, 0.4) is 0 Å². The minimum Gasteiger partial charge on any atom is -0.318 e. The molecule has 3 N–H and O–H groups in total. The Labute approximate surface area is 156 Å². The number of nitrogens with zero attached hydrogens (tertiary/aromatic N) is 2. The van der Waals surface area contributed by atoms with Crippen molar-refractivity contribution in [3.63, 3.8) is 0 Å². The SMILES string of the molecule is CNCCN(C)Cc1c[nH]nc1-c1ccc(NS(=O)(=O)CC(C)C)cc1. The summed E-state index contributed by atoms with van der Waals surface area (Å²) in [6, 6.07) is 7.33. The third kappa shape index (κ3) is 6.12. The fourth-order valence-electron chi connectivity index (χ4n) is 2.71. The molecule has 2 aromatic rings. The minimum atomic E-state index is -3.32. The van der Waals surface area contributed by atoms with Crippen LogP contribution in [0, 0.1) is 5.92 Å². The van der Waals surface area contributed by atoms with Crippen LogP contribution in [0.25, 0.3) is 11.3 Å². The molecule has 0 unspecified atom stereocenters. The Morgan fingerprint density at radius 3 is 2.54 bits per heavy atom. The van der Waals surface area contributed by atoms with E-state index < -0.39 is 10.0 Å². The maximum Gasteiger partial charge on any atom is 0.232 e. The van der Waals surface area contributed by atoms with Crippen molar-refractivity contribution < 1.29 is 8.42 Å². The van der Waals surface area contributed by atoms with E-state index in [1.54, 1.807) is 12.1 Å². The van der Waals surface area contributed by atoms with Crippen LogP contribution in [0.5, 0.6) is 0 Å². The molecule has 0 fully saturated rings. The highest BCUT2D eigenvalue weighted by Gasteiger charge is 2.14.